The van der Waals surface area contributed by atoms with Crippen LogP contribution in [0.5, 0.6) is 5.75 Å². The van der Waals surface area contributed by atoms with Gasteiger partial charge in [0.05, 0.1) is 38.1 Å². The summed E-state index contributed by atoms with van der Waals surface area (Å²) in [4.78, 5) is 14.7. The number of morpholine rings is 1. The molecule has 7 heteroatoms. The molecular weight excluding hydrogens is 365 g/mol. The van der Waals surface area contributed by atoms with Crippen LogP contribution in [0.4, 0.5) is 4.39 Å². The topological polar surface area (TPSA) is 57.2 Å². The number of nitrogens with zero attached hydrogens (tertiary/aromatic N) is 1. The zero-order valence-corrected chi connectivity index (χ0v) is 15.4. The summed E-state index contributed by atoms with van der Waals surface area (Å²) in [6.45, 7) is 2.38. The number of carbonyl (C=O) groups excluding carboxylic acids is 1. The molecule has 6 nitrogen and oxygen atoms in total. The molecule has 2 aromatic rings. The lowest BCUT2D eigenvalue weighted by molar-refractivity contribution is -0.0649. The highest BCUT2D eigenvalue weighted by Crippen LogP contribution is 2.30. The molecule has 2 aromatic carbocycles. The fraction of sp³-hybridized carbons (Fsp3) is 0.381. The lowest BCUT2D eigenvalue weighted by Gasteiger charge is -2.33. The largest absolute Gasteiger partial charge is 0.466 e. The summed E-state index contributed by atoms with van der Waals surface area (Å²) in [5.74, 6) is -0.345. The van der Waals surface area contributed by atoms with Crippen molar-refractivity contribution in [1.29, 1.82) is 0 Å². The van der Waals surface area contributed by atoms with Crippen molar-refractivity contribution < 1.29 is 28.1 Å². The van der Waals surface area contributed by atoms with Gasteiger partial charge in [-0.3, -0.25) is 4.79 Å². The van der Waals surface area contributed by atoms with Crippen LogP contribution in [-0.4, -0.2) is 50.0 Å². The highest BCUT2D eigenvalue weighted by molar-refractivity contribution is 5.97. The first-order valence-corrected chi connectivity index (χ1v) is 9.26. The molecule has 0 N–H and O–H groups in total. The van der Waals surface area contributed by atoms with Crippen molar-refractivity contribution in [1.82, 2.24) is 4.90 Å². The van der Waals surface area contributed by atoms with Crippen LogP contribution in [0.2, 0.25) is 0 Å². The number of hydrogen-bond acceptors (Lipinski definition) is 5. The Balaban J connectivity index is 1.39. The summed E-state index contributed by atoms with van der Waals surface area (Å²) in [6, 6.07) is 12.4. The molecule has 1 saturated heterocycles. The van der Waals surface area contributed by atoms with Gasteiger partial charge < -0.3 is 23.8 Å². The predicted octanol–water partition coefficient (Wildman–Crippen LogP) is 2.75. The number of benzene rings is 2. The van der Waals surface area contributed by atoms with E-state index in [9.17, 15) is 9.18 Å². The van der Waals surface area contributed by atoms with Gasteiger partial charge in [-0.2, -0.15) is 0 Å². The van der Waals surface area contributed by atoms with Gasteiger partial charge in [0.15, 0.2) is 6.79 Å². The summed E-state index contributed by atoms with van der Waals surface area (Å²) in [7, 11) is 0. The summed E-state index contributed by atoms with van der Waals surface area (Å²) in [5, 5.41) is 0. The molecule has 2 aliphatic rings. The van der Waals surface area contributed by atoms with E-state index in [4.69, 9.17) is 18.9 Å². The zero-order valence-electron chi connectivity index (χ0n) is 15.4. The minimum Gasteiger partial charge on any atom is -0.466 e. The quantitative estimate of drug-likeness (QED) is 0.790. The van der Waals surface area contributed by atoms with Crippen molar-refractivity contribution in [2.45, 2.75) is 19.3 Å². The van der Waals surface area contributed by atoms with Crippen LogP contribution in [0, 0.1) is 5.82 Å². The smallest absolute Gasteiger partial charge is 0.257 e. The second-order valence-corrected chi connectivity index (χ2v) is 6.80. The molecule has 0 saturated carbocycles. The summed E-state index contributed by atoms with van der Waals surface area (Å²) in [6.07, 6.45) is -0.227. The van der Waals surface area contributed by atoms with Crippen LogP contribution in [0.15, 0.2) is 42.5 Å². The molecule has 1 unspecified atom stereocenters. The molecule has 0 aromatic heterocycles. The van der Waals surface area contributed by atoms with Crippen LogP contribution < -0.4 is 4.74 Å². The Bertz CT molecular complexity index is 829. The van der Waals surface area contributed by atoms with E-state index >= 15 is 0 Å². The Morgan fingerprint density at radius 2 is 2.11 bits per heavy atom. The van der Waals surface area contributed by atoms with Crippen molar-refractivity contribution >= 4 is 5.91 Å². The average molecular weight is 387 g/mol. The normalized spacial score (nSPS) is 19.0. The second-order valence-electron chi connectivity index (χ2n) is 6.80. The molecule has 0 aliphatic carbocycles. The highest BCUT2D eigenvalue weighted by Gasteiger charge is 2.29. The third-order valence-electron chi connectivity index (χ3n) is 4.75. The van der Waals surface area contributed by atoms with Gasteiger partial charge in [-0.1, -0.05) is 30.3 Å². The Hall–Kier alpha value is -2.48. The lowest BCUT2D eigenvalue weighted by Crippen LogP contribution is -2.47. The molecule has 1 amide bonds. The predicted molar refractivity (Wildman–Crippen MR) is 98.4 cm³/mol. The Kier molecular flexibility index (Phi) is 5.85. The number of ether oxygens (including phenoxy) is 4. The van der Waals surface area contributed by atoms with E-state index in [0.717, 1.165) is 5.56 Å². The zero-order chi connectivity index (χ0) is 19.3. The van der Waals surface area contributed by atoms with Crippen molar-refractivity contribution in [2.75, 3.05) is 33.1 Å². The maximum atomic E-state index is 14.0. The maximum absolute atomic E-state index is 14.0. The molecule has 148 valence electrons. The van der Waals surface area contributed by atoms with Crippen molar-refractivity contribution in [3.8, 4) is 5.75 Å². The van der Waals surface area contributed by atoms with E-state index in [1.54, 1.807) is 4.90 Å². The van der Waals surface area contributed by atoms with Gasteiger partial charge in [0.1, 0.15) is 11.6 Å². The number of carbonyl (C=O) groups is 1. The summed E-state index contributed by atoms with van der Waals surface area (Å²) in [5.41, 5.74) is 1.85. The summed E-state index contributed by atoms with van der Waals surface area (Å²) < 4.78 is 36.1. The molecular formula is C21H22FNO5. The van der Waals surface area contributed by atoms with E-state index < -0.39 is 5.82 Å². The van der Waals surface area contributed by atoms with Gasteiger partial charge in [0, 0.05) is 18.7 Å². The number of halogens is 1. The maximum Gasteiger partial charge on any atom is 0.257 e. The monoisotopic (exact) mass is 387 g/mol. The third-order valence-corrected chi connectivity index (χ3v) is 4.75. The van der Waals surface area contributed by atoms with Crippen LogP contribution >= 0.6 is 0 Å². The first-order valence-electron chi connectivity index (χ1n) is 9.26. The molecule has 4 rings (SSSR count). The number of amides is 1. The molecule has 2 heterocycles. The van der Waals surface area contributed by atoms with E-state index in [2.05, 4.69) is 0 Å². The number of rotatable bonds is 5. The van der Waals surface area contributed by atoms with E-state index in [-0.39, 0.29) is 31.0 Å². The molecule has 0 radical (unpaired) electrons. The van der Waals surface area contributed by atoms with Crippen molar-refractivity contribution in [3.63, 3.8) is 0 Å². The molecule has 1 atom stereocenters. The van der Waals surface area contributed by atoms with Gasteiger partial charge in [0.2, 0.25) is 0 Å². The van der Waals surface area contributed by atoms with Crippen LogP contribution in [0.25, 0.3) is 0 Å². The van der Waals surface area contributed by atoms with E-state index in [1.165, 1.54) is 12.1 Å². The molecule has 0 bridgehead atoms. The molecule has 0 spiro atoms. The number of hydrogen-bond donors (Lipinski definition) is 0. The fourth-order valence-electron chi connectivity index (χ4n) is 3.40. The molecule has 1 fully saturated rings. The Labute approximate surface area is 162 Å². The first kappa shape index (κ1) is 18.9. The van der Waals surface area contributed by atoms with Gasteiger partial charge in [-0.05, 0) is 17.7 Å². The highest BCUT2D eigenvalue weighted by atomic mass is 19.1. The van der Waals surface area contributed by atoms with Crippen LogP contribution in [-0.2, 0) is 27.4 Å². The minimum atomic E-state index is -0.479. The van der Waals surface area contributed by atoms with Gasteiger partial charge >= 0.3 is 0 Å². The van der Waals surface area contributed by atoms with Gasteiger partial charge in [0.25, 0.3) is 5.91 Å². The molecule has 28 heavy (non-hydrogen) atoms. The Morgan fingerprint density at radius 3 is 2.96 bits per heavy atom. The Morgan fingerprint density at radius 1 is 1.25 bits per heavy atom. The fourth-order valence-corrected chi connectivity index (χ4v) is 3.40. The van der Waals surface area contributed by atoms with Crippen LogP contribution in [0.3, 0.4) is 0 Å². The third kappa shape index (κ3) is 4.32. The first-order chi connectivity index (χ1) is 13.7. The molecule has 2 aliphatic heterocycles. The van der Waals surface area contributed by atoms with Gasteiger partial charge in [-0.15, -0.1) is 0 Å². The van der Waals surface area contributed by atoms with E-state index in [1.807, 2.05) is 30.3 Å². The summed E-state index contributed by atoms with van der Waals surface area (Å²) >= 11 is 0. The SMILES string of the molecule is O=C(c1cc(F)cc2c1OCOC2)N1CCOC(COCc2ccccc2)C1. The second kappa shape index (κ2) is 8.68. The standard InChI is InChI=1S/C21H22FNO5/c22-17-8-16-12-26-14-28-20(16)19(9-17)21(24)23-6-7-27-18(10-23)13-25-11-15-4-2-1-3-5-15/h1-5,8-9,18H,6-7,10-14H2. The minimum absolute atomic E-state index is 0.0535. The lowest BCUT2D eigenvalue weighted by atomic mass is 10.1. The van der Waals surface area contributed by atoms with Gasteiger partial charge in [-0.25, -0.2) is 4.39 Å². The van der Waals surface area contributed by atoms with Crippen molar-refractivity contribution in [3.05, 3.63) is 65.0 Å². The van der Waals surface area contributed by atoms with E-state index in [0.29, 0.717) is 44.2 Å². The average Bonchev–Trinajstić information content (AvgIpc) is 2.73. The van der Waals surface area contributed by atoms with Crippen molar-refractivity contribution in [2.24, 2.45) is 0 Å². The number of fused-ring (bicyclic) bond motifs is 1. The van der Waals surface area contributed by atoms with Crippen LogP contribution in [0.1, 0.15) is 21.5 Å².